The summed E-state index contributed by atoms with van der Waals surface area (Å²) in [6.07, 6.45) is 3.24. The standard InChI is InChI=1S/C23H28N2O6S/c26-23(18-8-10-20(11-9-18)32(27,28)25-12-15-29-16-13-25)24-21-6-1-2-7-22(21)31-17-19-5-3-4-14-30-19/h1-2,6-11,19H,3-5,12-17H2,(H,24,26). The first kappa shape index (κ1) is 22.7. The fraction of sp³-hybridized carbons (Fsp3) is 0.435. The molecule has 2 aromatic rings. The molecule has 0 bridgehead atoms. The smallest absolute Gasteiger partial charge is 0.255 e. The van der Waals surface area contributed by atoms with Crippen LogP contribution in [0.1, 0.15) is 29.6 Å². The van der Waals surface area contributed by atoms with Gasteiger partial charge in [0.25, 0.3) is 5.91 Å². The molecule has 2 aliphatic heterocycles. The highest BCUT2D eigenvalue weighted by Gasteiger charge is 2.26. The van der Waals surface area contributed by atoms with E-state index in [1.807, 2.05) is 12.1 Å². The van der Waals surface area contributed by atoms with Crippen LogP contribution in [0.15, 0.2) is 53.4 Å². The number of amides is 1. The maximum absolute atomic E-state index is 12.8. The minimum atomic E-state index is -3.60. The summed E-state index contributed by atoms with van der Waals surface area (Å²) in [6, 6.07) is 13.2. The fourth-order valence-corrected chi connectivity index (χ4v) is 5.13. The first-order valence-electron chi connectivity index (χ1n) is 10.9. The van der Waals surface area contributed by atoms with Gasteiger partial charge in [-0.2, -0.15) is 4.31 Å². The summed E-state index contributed by atoms with van der Waals surface area (Å²) in [4.78, 5) is 12.9. The summed E-state index contributed by atoms with van der Waals surface area (Å²) < 4.78 is 43.7. The zero-order valence-electron chi connectivity index (χ0n) is 17.9. The van der Waals surface area contributed by atoms with Crippen LogP contribution >= 0.6 is 0 Å². The molecule has 1 atom stereocenters. The van der Waals surface area contributed by atoms with Crippen molar-refractivity contribution in [1.29, 1.82) is 0 Å². The molecule has 2 fully saturated rings. The monoisotopic (exact) mass is 460 g/mol. The van der Waals surface area contributed by atoms with Gasteiger partial charge in [0.15, 0.2) is 0 Å². The Morgan fingerprint density at radius 3 is 2.50 bits per heavy atom. The van der Waals surface area contributed by atoms with Crippen LogP contribution in [0.4, 0.5) is 5.69 Å². The number of carbonyl (C=O) groups excluding carboxylic acids is 1. The fourth-order valence-electron chi connectivity index (χ4n) is 3.73. The van der Waals surface area contributed by atoms with E-state index in [2.05, 4.69) is 5.32 Å². The molecule has 9 heteroatoms. The molecule has 1 amide bonds. The Morgan fingerprint density at radius 2 is 1.78 bits per heavy atom. The number of hydrogen-bond donors (Lipinski definition) is 1. The Kier molecular flexibility index (Phi) is 7.41. The third kappa shape index (κ3) is 5.47. The zero-order chi connectivity index (χ0) is 22.4. The van der Waals surface area contributed by atoms with Gasteiger partial charge in [-0.1, -0.05) is 12.1 Å². The SMILES string of the molecule is O=C(Nc1ccccc1OCC1CCCCO1)c1ccc(S(=O)(=O)N2CCOCC2)cc1. The third-order valence-corrected chi connectivity index (χ3v) is 7.47. The molecule has 0 aliphatic carbocycles. The highest BCUT2D eigenvalue weighted by Crippen LogP contribution is 2.26. The quantitative estimate of drug-likeness (QED) is 0.683. The van der Waals surface area contributed by atoms with Crippen molar-refractivity contribution in [3.63, 3.8) is 0 Å². The van der Waals surface area contributed by atoms with Crippen LogP contribution in [0.5, 0.6) is 5.75 Å². The van der Waals surface area contributed by atoms with E-state index in [1.165, 1.54) is 28.6 Å². The van der Waals surface area contributed by atoms with Gasteiger partial charge in [-0.15, -0.1) is 0 Å². The molecule has 2 aliphatic rings. The number of anilines is 1. The molecule has 2 heterocycles. The lowest BCUT2D eigenvalue weighted by atomic mass is 10.1. The molecule has 8 nitrogen and oxygen atoms in total. The molecule has 0 aromatic heterocycles. The van der Waals surface area contributed by atoms with Gasteiger partial charge in [0.05, 0.1) is 29.9 Å². The van der Waals surface area contributed by atoms with E-state index < -0.39 is 10.0 Å². The molecule has 172 valence electrons. The van der Waals surface area contributed by atoms with Gasteiger partial charge in [-0.05, 0) is 55.7 Å². The van der Waals surface area contributed by atoms with Crippen molar-refractivity contribution in [1.82, 2.24) is 4.31 Å². The summed E-state index contributed by atoms with van der Waals surface area (Å²) in [5.41, 5.74) is 0.912. The predicted molar refractivity (Wildman–Crippen MR) is 120 cm³/mol. The number of morpholine rings is 1. The minimum Gasteiger partial charge on any atom is -0.489 e. The second-order valence-corrected chi connectivity index (χ2v) is 9.73. The number of nitrogens with zero attached hydrogens (tertiary/aromatic N) is 1. The topological polar surface area (TPSA) is 94.2 Å². The lowest BCUT2D eigenvalue weighted by Crippen LogP contribution is -2.40. The normalized spacial score (nSPS) is 19.9. The van der Waals surface area contributed by atoms with E-state index in [0.717, 1.165) is 25.9 Å². The second kappa shape index (κ2) is 10.4. The van der Waals surface area contributed by atoms with Gasteiger partial charge in [0, 0.05) is 25.3 Å². The Bertz CT molecular complexity index is 1010. The van der Waals surface area contributed by atoms with Gasteiger partial charge in [-0.25, -0.2) is 8.42 Å². The summed E-state index contributed by atoms with van der Waals surface area (Å²) in [5.74, 6) is 0.229. The van der Waals surface area contributed by atoms with E-state index in [0.29, 0.717) is 49.9 Å². The van der Waals surface area contributed by atoms with Crippen LogP contribution in [-0.4, -0.2) is 64.3 Å². The third-order valence-electron chi connectivity index (χ3n) is 5.56. The number of benzene rings is 2. The molecule has 32 heavy (non-hydrogen) atoms. The number of hydrogen-bond acceptors (Lipinski definition) is 6. The lowest BCUT2D eigenvalue weighted by Gasteiger charge is -2.26. The second-order valence-electron chi connectivity index (χ2n) is 7.79. The van der Waals surface area contributed by atoms with Gasteiger partial charge in [-0.3, -0.25) is 4.79 Å². The van der Waals surface area contributed by atoms with Crippen molar-refractivity contribution >= 4 is 21.6 Å². The Hall–Kier alpha value is -2.46. The van der Waals surface area contributed by atoms with Gasteiger partial charge >= 0.3 is 0 Å². The number of carbonyl (C=O) groups is 1. The van der Waals surface area contributed by atoms with Crippen molar-refractivity contribution in [3.05, 3.63) is 54.1 Å². The molecule has 0 spiro atoms. The molecule has 0 saturated carbocycles. The summed E-state index contributed by atoms with van der Waals surface area (Å²) in [6.45, 7) is 2.60. The highest BCUT2D eigenvalue weighted by atomic mass is 32.2. The van der Waals surface area contributed by atoms with Crippen molar-refractivity contribution < 1.29 is 27.4 Å². The van der Waals surface area contributed by atoms with Crippen LogP contribution < -0.4 is 10.1 Å². The molecule has 0 radical (unpaired) electrons. The summed E-state index contributed by atoms with van der Waals surface area (Å²) in [7, 11) is -3.60. The van der Waals surface area contributed by atoms with Crippen molar-refractivity contribution in [2.75, 3.05) is 44.8 Å². The first-order chi connectivity index (χ1) is 15.5. The van der Waals surface area contributed by atoms with E-state index >= 15 is 0 Å². The van der Waals surface area contributed by atoms with E-state index in [9.17, 15) is 13.2 Å². The molecule has 2 aromatic carbocycles. The number of para-hydroxylation sites is 2. The van der Waals surface area contributed by atoms with Crippen molar-refractivity contribution in [3.8, 4) is 5.75 Å². The average Bonchev–Trinajstić information content (AvgIpc) is 2.85. The molecule has 1 N–H and O–H groups in total. The number of ether oxygens (including phenoxy) is 3. The Balaban J connectivity index is 1.41. The summed E-state index contributed by atoms with van der Waals surface area (Å²) in [5, 5.41) is 2.85. The van der Waals surface area contributed by atoms with Gasteiger partial charge < -0.3 is 19.5 Å². The zero-order valence-corrected chi connectivity index (χ0v) is 18.7. The molecular formula is C23H28N2O6S. The van der Waals surface area contributed by atoms with Gasteiger partial charge in [0.2, 0.25) is 10.0 Å². The molecule has 1 unspecified atom stereocenters. The van der Waals surface area contributed by atoms with E-state index in [-0.39, 0.29) is 16.9 Å². The van der Waals surface area contributed by atoms with E-state index in [1.54, 1.807) is 12.1 Å². The largest absolute Gasteiger partial charge is 0.489 e. The Labute approximate surface area is 188 Å². The van der Waals surface area contributed by atoms with E-state index in [4.69, 9.17) is 14.2 Å². The number of sulfonamides is 1. The lowest BCUT2D eigenvalue weighted by molar-refractivity contribution is -0.0109. The first-order valence-corrected chi connectivity index (χ1v) is 12.3. The molecular weight excluding hydrogens is 432 g/mol. The van der Waals surface area contributed by atoms with Gasteiger partial charge in [0.1, 0.15) is 12.4 Å². The minimum absolute atomic E-state index is 0.0634. The van der Waals surface area contributed by atoms with Crippen LogP contribution in [0.2, 0.25) is 0 Å². The summed E-state index contributed by atoms with van der Waals surface area (Å²) >= 11 is 0. The Morgan fingerprint density at radius 1 is 1.03 bits per heavy atom. The highest BCUT2D eigenvalue weighted by molar-refractivity contribution is 7.89. The van der Waals surface area contributed by atoms with Crippen LogP contribution in [-0.2, 0) is 19.5 Å². The van der Waals surface area contributed by atoms with Crippen LogP contribution in [0.25, 0.3) is 0 Å². The number of nitrogens with one attached hydrogen (secondary N) is 1. The maximum Gasteiger partial charge on any atom is 0.255 e. The molecule has 2 saturated heterocycles. The van der Waals surface area contributed by atoms with Crippen LogP contribution in [0.3, 0.4) is 0 Å². The van der Waals surface area contributed by atoms with Crippen molar-refractivity contribution in [2.45, 2.75) is 30.3 Å². The average molecular weight is 461 g/mol. The number of rotatable bonds is 7. The predicted octanol–water partition coefficient (Wildman–Crippen LogP) is 2.91. The van der Waals surface area contributed by atoms with Crippen molar-refractivity contribution in [2.24, 2.45) is 0 Å². The molecule has 4 rings (SSSR count). The van der Waals surface area contributed by atoms with Crippen LogP contribution in [0, 0.1) is 0 Å². The maximum atomic E-state index is 12.8.